The van der Waals surface area contributed by atoms with Crippen LogP contribution in [0.1, 0.15) is 19.4 Å². The average Bonchev–Trinajstić information content (AvgIpc) is 2.23. The molecule has 1 aromatic carbocycles. The highest BCUT2D eigenvalue weighted by Crippen LogP contribution is 2.18. The number of likely N-dealkylation sites (N-methyl/N-ethyl adjacent to an activating group) is 1. The van der Waals surface area contributed by atoms with E-state index >= 15 is 0 Å². The fraction of sp³-hybridized carbons (Fsp3) is 0.385. The molecule has 88 valence electrons. The zero-order valence-corrected chi connectivity index (χ0v) is 9.85. The lowest BCUT2D eigenvalue weighted by atomic mass is 10.00. The second-order valence-corrected chi connectivity index (χ2v) is 4.05. The van der Waals surface area contributed by atoms with Crippen LogP contribution in [0.4, 0.5) is 8.78 Å². The standard InChI is InChI=1S/C13H17F2N/c1-9(2)11(8-16-3)7-10-5-4-6-12(14)13(10)15/h4-7,9,16H,8H2,1-3H3. The monoisotopic (exact) mass is 225 g/mol. The number of hydrogen-bond donors (Lipinski definition) is 1. The van der Waals surface area contributed by atoms with E-state index in [1.807, 2.05) is 20.9 Å². The van der Waals surface area contributed by atoms with Gasteiger partial charge in [0, 0.05) is 12.1 Å². The van der Waals surface area contributed by atoms with Gasteiger partial charge in [0.05, 0.1) is 0 Å². The lowest BCUT2D eigenvalue weighted by Gasteiger charge is -2.11. The minimum Gasteiger partial charge on any atom is -0.316 e. The molecule has 0 saturated heterocycles. The van der Waals surface area contributed by atoms with E-state index in [-0.39, 0.29) is 0 Å². The maximum absolute atomic E-state index is 13.4. The second-order valence-electron chi connectivity index (χ2n) is 4.05. The molecule has 0 amide bonds. The van der Waals surface area contributed by atoms with Crippen LogP contribution < -0.4 is 5.32 Å². The Hall–Kier alpha value is -1.22. The summed E-state index contributed by atoms with van der Waals surface area (Å²) in [4.78, 5) is 0. The molecule has 0 spiro atoms. The summed E-state index contributed by atoms with van der Waals surface area (Å²) in [7, 11) is 1.83. The summed E-state index contributed by atoms with van der Waals surface area (Å²) in [5.74, 6) is -1.28. The molecule has 0 unspecified atom stereocenters. The lowest BCUT2D eigenvalue weighted by Crippen LogP contribution is -2.14. The van der Waals surface area contributed by atoms with Gasteiger partial charge >= 0.3 is 0 Å². The van der Waals surface area contributed by atoms with E-state index in [4.69, 9.17) is 0 Å². The van der Waals surface area contributed by atoms with Gasteiger partial charge in [-0.15, -0.1) is 0 Å². The quantitative estimate of drug-likeness (QED) is 0.829. The van der Waals surface area contributed by atoms with Gasteiger partial charge in [0.15, 0.2) is 11.6 Å². The number of nitrogens with one attached hydrogen (secondary N) is 1. The van der Waals surface area contributed by atoms with Crippen molar-refractivity contribution in [3.63, 3.8) is 0 Å². The van der Waals surface area contributed by atoms with E-state index in [1.54, 1.807) is 12.1 Å². The van der Waals surface area contributed by atoms with Gasteiger partial charge in [-0.25, -0.2) is 8.78 Å². The molecular formula is C13H17F2N. The summed E-state index contributed by atoms with van der Waals surface area (Å²) in [6, 6.07) is 4.22. The third-order valence-electron chi connectivity index (χ3n) is 2.44. The van der Waals surface area contributed by atoms with Crippen molar-refractivity contribution in [1.29, 1.82) is 0 Å². The summed E-state index contributed by atoms with van der Waals surface area (Å²) in [6.45, 7) is 4.73. The maximum Gasteiger partial charge on any atom is 0.166 e. The highest BCUT2D eigenvalue weighted by molar-refractivity contribution is 5.54. The molecule has 0 aliphatic heterocycles. The van der Waals surface area contributed by atoms with Gasteiger partial charge < -0.3 is 5.32 Å². The van der Waals surface area contributed by atoms with Crippen molar-refractivity contribution in [3.05, 3.63) is 41.0 Å². The molecule has 0 aliphatic carbocycles. The highest BCUT2D eigenvalue weighted by Gasteiger charge is 2.08. The molecule has 0 heterocycles. The summed E-state index contributed by atoms with van der Waals surface area (Å²) in [5, 5.41) is 3.02. The maximum atomic E-state index is 13.4. The number of rotatable bonds is 4. The SMILES string of the molecule is CNCC(=Cc1cccc(F)c1F)C(C)C. The largest absolute Gasteiger partial charge is 0.316 e. The van der Waals surface area contributed by atoms with Crippen LogP contribution in [0.5, 0.6) is 0 Å². The Kier molecular flexibility index (Phi) is 4.62. The Morgan fingerprint density at radius 1 is 1.38 bits per heavy atom. The topological polar surface area (TPSA) is 12.0 Å². The summed E-state index contributed by atoms with van der Waals surface area (Å²) in [5.41, 5.74) is 1.35. The molecule has 1 N–H and O–H groups in total. The smallest absolute Gasteiger partial charge is 0.166 e. The normalized spacial score (nSPS) is 12.2. The molecule has 0 bridgehead atoms. The fourth-order valence-corrected chi connectivity index (χ4v) is 1.46. The minimum atomic E-state index is -0.804. The summed E-state index contributed by atoms with van der Waals surface area (Å²) < 4.78 is 26.4. The average molecular weight is 225 g/mol. The van der Waals surface area contributed by atoms with E-state index in [9.17, 15) is 8.78 Å². The van der Waals surface area contributed by atoms with E-state index in [1.165, 1.54) is 6.07 Å². The van der Waals surface area contributed by atoms with Crippen molar-refractivity contribution in [3.8, 4) is 0 Å². The van der Waals surface area contributed by atoms with Crippen molar-refractivity contribution in [2.45, 2.75) is 13.8 Å². The first kappa shape index (κ1) is 12.8. The van der Waals surface area contributed by atoms with Crippen LogP contribution in [0.2, 0.25) is 0 Å². The van der Waals surface area contributed by atoms with Gasteiger partial charge in [-0.3, -0.25) is 0 Å². The zero-order valence-electron chi connectivity index (χ0n) is 9.85. The van der Waals surface area contributed by atoms with Crippen LogP contribution in [0.25, 0.3) is 6.08 Å². The van der Waals surface area contributed by atoms with E-state index in [2.05, 4.69) is 5.32 Å². The molecule has 1 rings (SSSR count). The molecule has 16 heavy (non-hydrogen) atoms. The van der Waals surface area contributed by atoms with Gasteiger partial charge in [-0.2, -0.15) is 0 Å². The molecule has 0 saturated carbocycles. The molecule has 3 heteroatoms. The van der Waals surface area contributed by atoms with Crippen LogP contribution >= 0.6 is 0 Å². The Morgan fingerprint density at radius 2 is 2.06 bits per heavy atom. The van der Waals surface area contributed by atoms with Crippen LogP contribution in [-0.4, -0.2) is 13.6 Å². The number of halogens is 2. The second kappa shape index (κ2) is 5.75. The Balaban J connectivity index is 3.07. The molecule has 0 aliphatic rings. The first-order chi connectivity index (χ1) is 7.56. The minimum absolute atomic E-state index is 0.301. The van der Waals surface area contributed by atoms with Crippen LogP contribution in [0.3, 0.4) is 0 Å². The Morgan fingerprint density at radius 3 is 2.62 bits per heavy atom. The van der Waals surface area contributed by atoms with E-state index < -0.39 is 11.6 Å². The van der Waals surface area contributed by atoms with Gasteiger partial charge in [0.1, 0.15) is 0 Å². The van der Waals surface area contributed by atoms with Crippen molar-refractivity contribution in [1.82, 2.24) is 5.32 Å². The summed E-state index contributed by atoms with van der Waals surface area (Å²) in [6.07, 6.45) is 1.71. The highest BCUT2D eigenvalue weighted by atomic mass is 19.2. The molecule has 0 fully saturated rings. The van der Waals surface area contributed by atoms with Crippen LogP contribution in [-0.2, 0) is 0 Å². The lowest BCUT2D eigenvalue weighted by molar-refractivity contribution is 0.507. The molecule has 0 aromatic heterocycles. The predicted molar refractivity (Wildman–Crippen MR) is 63.1 cm³/mol. The van der Waals surface area contributed by atoms with Gasteiger partial charge in [-0.05, 0) is 19.0 Å². The van der Waals surface area contributed by atoms with E-state index in [0.29, 0.717) is 18.0 Å². The molecule has 0 radical (unpaired) electrons. The third kappa shape index (κ3) is 3.14. The number of benzene rings is 1. The molecular weight excluding hydrogens is 208 g/mol. The first-order valence-corrected chi connectivity index (χ1v) is 5.35. The zero-order chi connectivity index (χ0) is 12.1. The van der Waals surface area contributed by atoms with Gasteiger partial charge in [-0.1, -0.05) is 37.6 Å². The van der Waals surface area contributed by atoms with Gasteiger partial charge in [0.2, 0.25) is 0 Å². The first-order valence-electron chi connectivity index (χ1n) is 5.35. The Bertz CT molecular complexity index is 384. The van der Waals surface area contributed by atoms with Crippen LogP contribution in [0.15, 0.2) is 23.8 Å². The summed E-state index contributed by atoms with van der Waals surface area (Å²) >= 11 is 0. The van der Waals surface area contributed by atoms with E-state index in [0.717, 1.165) is 11.6 Å². The van der Waals surface area contributed by atoms with Crippen molar-refractivity contribution in [2.75, 3.05) is 13.6 Å². The van der Waals surface area contributed by atoms with Crippen molar-refractivity contribution >= 4 is 6.08 Å². The number of hydrogen-bond acceptors (Lipinski definition) is 1. The molecule has 0 atom stereocenters. The Labute approximate surface area is 95.2 Å². The van der Waals surface area contributed by atoms with Crippen molar-refractivity contribution < 1.29 is 8.78 Å². The molecule has 1 nitrogen and oxygen atoms in total. The third-order valence-corrected chi connectivity index (χ3v) is 2.44. The van der Waals surface area contributed by atoms with Gasteiger partial charge in [0.25, 0.3) is 0 Å². The molecule has 1 aromatic rings. The fourth-order valence-electron chi connectivity index (χ4n) is 1.46. The van der Waals surface area contributed by atoms with Crippen molar-refractivity contribution in [2.24, 2.45) is 5.92 Å². The van der Waals surface area contributed by atoms with Crippen LogP contribution in [0, 0.1) is 17.6 Å². The predicted octanol–water partition coefficient (Wildman–Crippen LogP) is 3.22.